The van der Waals surface area contributed by atoms with Crippen LogP contribution in [-0.2, 0) is 23.7 Å². The summed E-state index contributed by atoms with van der Waals surface area (Å²) in [4.78, 5) is 57.2. The molecule has 1 atom stereocenters. The Bertz CT molecular complexity index is 2300. The number of pyridine rings is 2. The number of imide groups is 1. The van der Waals surface area contributed by atoms with E-state index in [2.05, 4.69) is 53.5 Å². The topological polar surface area (TPSA) is 146 Å². The number of aryl methyl sites for hydroxylation is 2. The zero-order valence-electron chi connectivity index (χ0n) is 29.2. The molecule has 1 unspecified atom stereocenters. The lowest BCUT2D eigenvalue weighted by Gasteiger charge is -2.61. The smallest absolute Gasteiger partial charge is 0.251 e. The van der Waals surface area contributed by atoms with Crippen molar-refractivity contribution in [3.05, 3.63) is 69.9 Å². The number of fused-ring (bicyclic) bond motifs is 2. The van der Waals surface area contributed by atoms with Gasteiger partial charge in [-0.3, -0.25) is 28.9 Å². The van der Waals surface area contributed by atoms with Gasteiger partial charge in [-0.05, 0) is 55.5 Å². The highest BCUT2D eigenvalue weighted by molar-refractivity contribution is 6.32. The minimum Gasteiger partial charge on any atom is -0.371 e. The molecule has 268 valence electrons. The molecule has 1 aromatic carbocycles. The molecule has 9 rings (SSSR count). The van der Waals surface area contributed by atoms with Gasteiger partial charge in [0.1, 0.15) is 10.7 Å². The third-order valence-electron chi connectivity index (χ3n) is 11.3. The SMILES string of the molecule is Cn1nc(C2CCC(=O)NC2=O)c2ccc(N3CCC(CN4CC5(C4)CN(c4ncc(Cl)c(Nc6cnc7c(ccc(=O)n7C)c6)n4)C5)CC3)cc21. The Labute approximate surface area is 304 Å². The van der Waals surface area contributed by atoms with Crippen molar-refractivity contribution in [1.29, 1.82) is 0 Å². The molecule has 14 nitrogen and oxygen atoms in total. The van der Waals surface area contributed by atoms with Crippen LogP contribution in [0.4, 0.5) is 23.1 Å². The zero-order chi connectivity index (χ0) is 35.7. The number of hydrogen-bond donors (Lipinski definition) is 2. The van der Waals surface area contributed by atoms with Crippen molar-refractivity contribution in [2.45, 2.75) is 31.6 Å². The minimum absolute atomic E-state index is 0.103. The fraction of sp³-hybridized carbons (Fsp3) is 0.432. The molecule has 52 heavy (non-hydrogen) atoms. The van der Waals surface area contributed by atoms with E-state index in [0.717, 1.165) is 86.3 Å². The average molecular weight is 722 g/mol. The van der Waals surface area contributed by atoms with Crippen molar-refractivity contribution in [1.82, 2.24) is 39.5 Å². The first-order chi connectivity index (χ1) is 25.1. The molecular weight excluding hydrogens is 682 g/mol. The maximum absolute atomic E-state index is 12.5. The summed E-state index contributed by atoms with van der Waals surface area (Å²) in [6.45, 7) is 7.21. The van der Waals surface area contributed by atoms with E-state index in [1.807, 2.05) is 17.8 Å². The molecule has 4 aromatic heterocycles. The number of halogens is 1. The van der Waals surface area contributed by atoms with Gasteiger partial charge in [-0.25, -0.2) is 9.97 Å². The Morgan fingerprint density at radius 3 is 2.54 bits per heavy atom. The molecule has 0 bridgehead atoms. The summed E-state index contributed by atoms with van der Waals surface area (Å²) in [6, 6.07) is 11.6. The Hall–Kier alpha value is -5.08. The number of nitrogens with one attached hydrogen (secondary N) is 2. The predicted octanol–water partition coefficient (Wildman–Crippen LogP) is 3.57. The largest absolute Gasteiger partial charge is 0.371 e. The van der Waals surface area contributed by atoms with Crippen molar-refractivity contribution in [2.75, 3.05) is 60.9 Å². The van der Waals surface area contributed by atoms with Crippen LogP contribution in [0.5, 0.6) is 0 Å². The second-order valence-corrected chi connectivity index (χ2v) is 15.4. The lowest BCUT2D eigenvalue weighted by atomic mass is 9.72. The van der Waals surface area contributed by atoms with E-state index in [0.29, 0.717) is 46.6 Å². The summed E-state index contributed by atoms with van der Waals surface area (Å²) in [5.74, 6) is 1.00. The van der Waals surface area contributed by atoms with Crippen LogP contribution in [0.3, 0.4) is 0 Å². The number of aromatic nitrogens is 6. The number of carbonyl (C=O) groups excluding carboxylic acids is 2. The highest BCUT2D eigenvalue weighted by atomic mass is 35.5. The second-order valence-electron chi connectivity index (χ2n) is 15.0. The third kappa shape index (κ3) is 5.83. The van der Waals surface area contributed by atoms with Crippen molar-refractivity contribution in [3.8, 4) is 0 Å². The lowest BCUT2D eigenvalue weighted by Crippen LogP contribution is -2.72. The van der Waals surface area contributed by atoms with Crippen molar-refractivity contribution < 1.29 is 9.59 Å². The molecule has 8 heterocycles. The fourth-order valence-corrected chi connectivity index (χ4v) is 8.75. The van der Waals surface area contributed by atoms with Gasteiger partial charge < -0.3 is 20.0 Å². The Balaban J connectivity index is 0.766. The second kappa shape index (κ2) is 12.6. The van der Waals surface area contributed by atoms with Crippen LogP contribution in [0.2, 0.25) is 5.02 Å². The Morgan fingerprint density at radius 2 is 1.75 bits per heavy atom. The van der Waals surface area contributed by atoms with Gasteiger partial charge in [-0.2, -0.15) is 10.1 Å². The molecule has 0 radical (unpaired) electrons. The standard InChI is InChI=1S/C37H40ClN11O3/c1-45-31(51)8-3-23-13-24(15-39-34(23)45)41-33-28(38)16-40-36(43-33)49-20-37(21-49)18-47(19-37)17-22-9-11-48(12-10-22)25-4-5-26-29(14-25)46(2)44-32(26)27-6-7-30(50)42-35(27)52/h3-5,8,13-16,22,27H,6-7,9-12,17-21H2,1-2H3,(H,40,41,43)(H,42,50,52). The molecule has 2 amide bonds. The van der Waals surface area contributed by atoms with E-state index in [4.69, 9.17) is 21.7 Å². The van der Waals surface area contributed by atoms with Crippen LogP contribution in [0.15, 0.2) is 53.6 Å². The van der Waals surface area contributed by atoms with Gasteiger partial charge in [0.15, 0.2) is 5.82 Å². The Morgan fingerprint density at radius 1 is 0.942 bits per heavy atom. The third-order valence-corrected chi connectivity index (χ3v) is 11.6. The number of benzene rings is 1. The number of nitrogens with zero attached hydrogens (tertiary/aromatic N) is 9. The number of carbonyl (C=O) groups is 2. The predicted molar refractivity (Wildman–Crippen MR) is 199 cm³/mol. The van der Waals surface area contributed by atoms with Gasteiger partial charge in [-0.15, -0.1) is 0 Å². The molecule has 4 fully saturated rings. The maximum Gasteiger partial charge on any atom is 0.251 e. The number of anilines is 4. The monoisotopic (exact) mass is 721 g/mol. The van der Waals surface area contributed by atoms with Gasteiger partial charge in [0.25, 0.3) is 5.56 Å². The summed E-state index contributed by atoms with van der Waals surface area (Å²) < 4.78 is 3.38. The first-order valence-corrected chi connectivity index (χ1v) is 18.3. The van der Waals surface area contributed by atoms with Gasteiger partial charge in [0, 0.05) is 94.3 Å². The summed E-state index contributed by atoms with van der Waals surface area (Å²) in [6.07, 6.45) is 6.46. The molecule has 2 N–H and O–H groups in total. The minimum atomic E-state index is -0.395. The molecule has 5 aromatic rings. The first kappa shape index (κ1) is 32.8. The number of amides is 2. The summed E-state index contributed by atoms with van der Waals surface area (Å²) in [7, 11) is 3.63. The van der Waals surface area contributed by atoms with E-state index < -0.39 is 5.92 Å². The highest BCUT2D eigenvalue weighted by Crippen LogP contribution is 2.42. The van der Waals surface area contributed by atoms with Crippen LogP contribution >= 0.6 is 11.6 Å². The number of piperidine rings is 2. The average Bonchev–Trinajstić information content (AvgIpc) is 3.43. The molecule has 1 spiro atoms. The van der Waals surface area contributed by atoms with Crippen LogP contribution in [-0.4, -0.2) is 91.8 Å². The van der Waals surface area contributed by atoms with Gasteiger partial charge in [-0.1, -0.05) is 11.6 Å². The highest BCUT2D eigenvalue weighted by Gasteiger charge is 2.52. The fourth-order valence-electron chi connectivity index (χ4n) is 8.62. The van der Waals surface area contributed by atoms with Crippen molar-refractivity contribution in [2.24, 2.45) is 25.4 Å². The molecule has 0 aliphatic carbocycles. The molecule has 4 aliphatic heterocycles. The van der Waals surface area contributed by atoms with E-state index in [-0.39, 0.29) is 17.4 Å². The normalized spacial score (nSPS) is 20.7. The van der Waals surface area contributed by atoms with E-state index in [9.17, 15) is 14.4 Å². The van der Waals surface area contributed by atoms with Gasteiger partial charge in [0.05, 0.1) is 35.2 Å². The number of hydrogen-bond acceptors (Lipinski definition) is 11. The Kier molecular flexibility index (Phi) is 7.92. The maximum atomic E-state index is 12.5. The van der Waals surface area contributed by atoms with E-state index in [1.54, 1.807) is 25.5 Å². The van der Waals surface area contributed by atoms with Crippen LogP contribution in [0.1, 0.15) is 37.3 Å². The molecular formula is C37H40ClN11O3. The number of rotatable bonds is 7. The summed E-state index contributed by atoms with van der Waals surface area (Å²) >= 11 is 6.49. The molecule has 4 saturated heterocycles. The van der Waals surface area contributed by atoms with E-state index in [1.165, 1.54) is 16.3 Å². The number of likely N-dealkylation sites (tertiary alicyclic amines) is 1. The molecule has 4 aliphatic rings. The van der Waals surface area contributed by atoms with Gasteiger partial charge in [0.2, 0.25) is 17.8 Å². The van der Waals surface area contributed by atoms with Crippen LogP contribution in [0, 0.1) is 11.3 Å². The van der Waals surface area contributed by atoms with E-state index >= 15 is 0 Å². The van der Waals surface area contributed by atoms with Crippen molar-refractivity contribution in [3.63, 3.8) is 0 Å². The first-order valence-electron chi connectivity index (χ1n) is 17.9. The molecule has 0 saturated carbocycles. The lowest BCUT2D eigenvalue weighted by molar-refractivity contribution is -0.134. The van der Waals surface area contributed by atoms with Gasteiger partial charge >= 0.3 is 0 Å². The molecule has 15 heteroatoms. The van der Waals surface area contributed by atoms with Crippen LogP contribution < -0.4 is 26.0 Å². The summed E-state index contributed by atoms with van der Waals surface area (Å²) in [5.41, 5.74) is 4.48. The zero-order valence-corrected chi connectivity index (χ0v) is 29.9. The van der Waals surface area contributed by atoms with Crippen LogP contribution in [0.25, 0.3) is 21.9 Å². The quantitative estimate of drug-likeness (QED) is 0.238. The van der Waals surface area contributed by atoms with Crippen molar-refractivity contribution >= 4 is 68.5 Å². The summed E-state index contributed by atoms with van der Waals surface area (Å²) in [5, 5.41) is 12.7.